The predicted octanol–water partition coefficient (Wildman–Crippen LogP) is 2.32. The highest BCUT2D eigenvalue weighted by Crippen LogP contribution is 2.41. The molecule has 0 heterocycles. The monoisotopic (exact) mass is 227 g/mol. The molecule has 4 N–H and O–H groups in total. The minimum Gasteiger partial charge on any atom is -0.504 e. The summed E-state index contributed by atoms with van der Waals surface area (Å²) in [6, 6.07) is 11.1. The molecule has 17 heavy (non-hydrogen) atoms. The summed E-state index contributed by atoms with van der Waals surface area (Å²) < 4.78 is 0. The van der Waals surface area contributed by atoms with Crippen LogP contribution in [0.15, 0.2) is 36.4 Å². The van der Waals surface area contributed by atoms with Crippen molar-refractivity contribution in [3.05, 3.63) is 47.5 Å². The number of aromatic hydroxyl groups is 2. The number of benzene rings is 2. The zero-order valence-electron chi connectivity index (χ0n) is 9.22. The fourth-order valence-electron chi connectivity index (χ4n) is 2.45. The van der Waals surface area contributed by atoms with E-state index in [1.54, 1.807) is 12.1 Å². The number of phenolic OH excluding ortho intramolecular Hbond substituents is 2. The molecular formula is C14H13NO2. The summed E-state index contributed by atoms with van der Waals surface area (Å²) in [5.41, 5.74) is 10.2. The van der Waals surface area contributed by atoms with Crippen molar-refractivity contribution in [2.45, 2.75) is 12.5 Å². The third-order valence-corrected chi connectivity index (χ3v) is 3.29. The summed E-state index contributed by atoms with van der Waals surface area (Å²) >= 11 is 0. The van der Waals surface area contributed by atoms with E-state index < -0.39 is 0 Å². The Balaban J connectivity index is 2.29. The maximum absolute atomic E-state index is 9.59. The summed E-state index contributed by atoms with van der Waals surface area (Å²) in [7, 11) is 0. The van der Waals surface area contributed by atoms with E-state index in [1.807, 2.05) is 24.3 Å². The molecule has 0 aliphatic heterocycles. The summed E-state index contributed by atoms with van der Waals surface area (Å²) in [6.45, 7) is 0. The first-order valence-corrected chi connectivity index (χ1v) is 5.56. The minimum atomic E-state index is -0.0889. The van der Waals surface area contributed by atoms with Crippen molar-refractivity contribution >= 4 is 0 Å². The SMILES string of the molecule is N[C@H]1Cc2cc(O)c(O)cc2-c2ccccc21. The molecule has 0 saturated carbocycles. The van der Waals surface area contributed by atoms with Gasteiger partial charge in [-0.25, -0.2) is 0 Å². The smallest absolute Gasteiger partial charge is 0.158 e. The van der Waals surface area contributed by atoms with E-state index >= 15 is 0 Å². The van der Waals surface area contributed by atoms with Gasteiger partial charge >= 0.3 is 0 Å². The first-order valence-electron chi connectivity index (χ1n) is 5.56. The van der Waals surface area contributed by atoms with Gasteiger partial charge in [0.2, 0.25) is 0 Å². The normalized spacial score (nSPS) is 17.4. The molecule has 0 spiro atoms. The van der Waals surface area contributed by atoms with Crippen molar-refractivity contribution in [2.24, 2.45) is 5.73 Å². The van der Waals surface area contributed by atoms with Gasteiger partial charge in [0.15, 0.2) is 11.5 Å². The zero-order valence-corrected chi connectivity index (χ0v) is 9.22. The van der Waals surface area contributed by atoms with Crippen molar-refractivity contribution < 1.29 is 10.2 Å². The number of hydrogen-bond donors (Lipinski definition) is 3. The first-order chi connectivity index (χ1) is 8.16. The fraction of sp³-hybridized carbons (Fsp3) is 0.143. The molecule has 1 aliphatic carbocycles. The van der Waals surface area contributed by atoms with Crippen LogP contribution in [0.5, 0.6) is 11.5 Å². The number of nitrogens with two attached hydrogens (primary N) is 1. The molecule has 0 unspecified atom stereocenters. The van der Waals surface area contributed by atoms with Gasteiger partial charge < -0.3 is 15.9 Å². The van der Waals surface area contributed by atoms with Crippen LogP contribution in [0.1, 0.15) is 17.2 Å². The Labute approximate surface area is 99.1 Å². The summed E-state index contributed by atoms with van der Waals surface area (Å²) in [6.07, 6.45) is 0.681. The molecule has 86 valence electrons. The van der Waals surface area contributed by atoms with E-state index in [0.29, 0.717) is 6.42 Å². The maximum atomic E-state index is 9.59. The number of rotatable bonds is 0. The van der Waals surface area contributed by atoms with Crippen molar-refractivity contribution in [1.82, 2.24) is 0 Å². The lowest BCUT2D eigenvalue weighted by molar-refractivity contribution is 0.403. The van der Waals surface area contributed by atoms with Crippen LogP contribution in [-0.4, -0.2) is 10.2 Å². The van der Waals surface area contributed by atoms with Gasteiger partial charge in [0.05, 0.1) is 0 Å². The lowest BCUT2D eigenvalue weighted by atomic mass is 9.83. The van der Waals surface area contributed by atoms with E-state index in [4.69, 9.17) is 5.73 Å². The van der Waals surface area contributed by atoms with E-state index in [2.05, 4.69) is 0 Å². The molecule has 0 fully saturated rings. The molecule has 0 amide bonds. The van der Waals surface area contributed by atoms with Crippen LogP contribution < -0.4 is 5.73 Å². The van der Waals surface area contributed by atoms with E-state index in [1.165, 1.54) is 0 Å². The van der Waals surface area contributed by atoms with Crippen molar-refractivity contribution in [2.75, 3.05) is 0 Å². The third kappa shape index (κ3) is 1.47. The molecule has 3 rings (SSSR count). The van der Waals surface area contributed by atoms with Crippen molar-refractivity contribution in [1.29, 1.82) is 0 Å². The highest BCUT2D eigenvalue weighted by atomic mass is 16.3. The second-order valence-electron chi connectivity index (χ2n) is 4.40. The molecule has 2 aromatic rings. The molecule has 0 radical (unpaired) electrons. The predicted molar refractivity (Wildman–Crippen MR) is 65.8 cm³/mol. The fourth-order valence-corrected chi connectivity index (χ4v) is 2.45. The Hall–Kier alpha value is -2.00. The van der Waals surface area contributed by atoms with Crippen LogP contribution in [0.2, 0.25) is 0 Å². The molecule has 1 atom stereocenters. The number of phenols is 2. The third-order valence-electron chi connectivity index (χ3n) is 3.29. The summed E-state index contributed by atoms with van der Waals surface area (Å²) in [4.78, 5) is 0. The van der Waals surface area contributed by atoms with Crippen molar-refractivity contribution in [3.63, 3.8) is 0 Å². The lowest BCUT2D eigenvalue weighted by Gasteiger charge is -2.25. The van der Waals surface area contributed by atoms with Gasteiger partial charge in [-0.2, -0.15) is 0 Å². The second kappa shape index (κ2) is 3.50. The van der Waals surface area contributed by atoms with Gasteiger partial charge in [-0.3, -0.25) is 0 Å². The Kier molecular flexibility index (Phi) is 2.09. The molecule has 0 saturated heterocycles. The van der Waals surface area contributed by atoms with Gasteiger partial charge in [0.1, 0.15) is 0 Å². The number of fused-ring (bicyclic) bond motifs is 3. The van der Waals surface area contributed by atoms with Crippen LogP contribution in [0.4, 0.5) is 0 Å². The van der Waals surface area contributed by atoms with Gasteiger partial charge in [0, 0.05) is 6.04 Å². The second-order valence-corrected chi connectivity index (χ2v) is 4.40. The van der Waals surface area contributed by atoms with Gasteiger partial charge in [-0.15, -0.1) is 0 Å². The van der Waals surface area contributed by atoms with E-state index in [9.17, 15) is 10.2 Å². The molecule has 2 aromatic carbocycles. The first kappa shape index (κ1) is 10.2. The van der Waals surface area contributed by atoms with Crippen LogP contribution in [0.25, 0.3) is 11.1 Å². The highest BCUT2D eigenvalue weighted by Gasteiger charge is 2.22. The average molecular weight is 227 g/mol. The molecule has 3 nitrogen and oxygen atoms in total. The van der Waals surface area contributed by atoms with Crippen molar-refractivity contribution in [3.8, 4) is 22.6 Å². The van der Waals surface area contributed by atoms with E-state index in [-0.39, 0.29) is 17.5 Å². The highest BCUT2D eigenvalue weighted by molar-refractivity contribution is 5.76. The largest absolute Gasteiger partial charge is 0.504 e. The Morgan fingerprint density at radius 3 is 2.53 bits per heavy atom. The van der Waals surface area contributed by atoms with E-state index in [0.717, 1.165) is 22.3 Å². The molecule has 3 heteroatoms. The maximum Gasteiger partial charge on any atom is 0.158 e. The zero-order chi connectivity index (χ0) is 12.0. The van der Waals surface area contributed by atoms with Crippen LogP contribution in [0, 0.1) is 0 Å². The Morgan fingerprint density at radius 2 is 1.71 bits per heavy atom. The number of hydrogen-bond acceptors (Lipinski definition) is 3. The van der Waals surface area contributed by atoms with Crippen LogP contribution in [0.3, 0.4) is 0 Å². The molecule has 0 aromatic heterocycles. The van der Waals surface area contributed by atoms with Gasteiger partial charge in [-0.05, 0) is 40.8 Å². The lowest BCUT2D eigenvalue weighted by Crippen LogP contribution is -2.18. The summed E-state index contributed by atoms with van der Waals surface area (Å²) in [5.74, 6) is -0.177. The standard InChI is InChI=1S/C14H13NO2/c15-12-5-8-6-13(16)14(17)7-11(8)9-3-1-2-4-10(9)12/h1-4,6-7,12,16-17H,5,15H2/t12-/m0/s1. The van der Waals surface area contributed by atoms with Crippen LogP contribution >= 0.6 is 0 Å². The average Bonchev–Trinajstić information content (AvgIpc) is 2.32. The summed E-state index contributed by atoms with van der Waals surface area (Å²) in [5, 5.41) is 19.1. The Bertz CT molecular complexity index is 593. The Morgan fingerprint density at radius 1 is 1.00 bits per heavy atom. The van der Waals surface area contributed by atoms with Crippen LogP contribution in [-0.2, 0) is 6.42 Å². The topological polar surface area (TPSA) is 66.5 Å². The van der Waals surface area contributed by atoms with Gasteiger partial charge in [-0.1, -0.05) is 24.3 Å². The quantitative estimate of drug-likeness (QED) is 0.605. The van der Waals surface area contributed by atoms with Gasteiger partial charge in [0.25, 0.3) is 0 Å². The molecule has 1 aliphatic rings. The molecule has 0 bridgehead atoms. The molecular weight excluding hydrogens is 214 g/mol. The minimum absolute atomic E-state index is 0.0531.